The van der Waals surface area contributed by atoms with Gasteiger partial charge in [0.1, 0.15) is 0 Å². The summed E-state index contributed by atoms with van der Waals surface area (Å²) in [5.74, 6) is -0.366. The van der Waals surface area contributed by atoms with Crippen LogP contribution in [-0.2, 0) is 9.47 Å². The van der Waals surface area contributed by atoms with Crippen LogP contribution in [0.4, 0.5) is 0 Å². The Bertz CT molecular complexity index is 67.3. The van der Waals surface area contributed by atoms with Gasteiger partial charge in [-0.05, 0) is 6.92 Å². The van der Waals surface area contributed by atoms with Gasteiger partial charge in [-0.1, -0.05) is 13.3 Å². The van der Waals surface area contributed by atoms with Crippen molar-refractivity contribution in [1.82, 2.24) is 0 Å². The summed E-state index contributed by atoms with van der Waals surface area (Å²) in [6, 6.07) is 0. The van der Waals surface area contributed by atoms with Crippen LogP contribution in [0.25, 0.3) is 0 Å². The Morgan fingerprint density at radius 2 is 1.67 bits per heavy atom. The van der Waals surface area contributed by atoms with Crippen molar-refractivity contribution < 1.29 is 9.47 Å². The lowest BCUT2D eigenvalue weighted by Gasteiger charge is -2.25. The Morgan fingerprint density at radius 1 is 1.22 bits per heavy atom. The van der Waals surface area contributed by atoms with Gasteiger partial charge in [0.2, 0.25) is 0 Å². The molecule has 2 nitrogen and oxygen atoms in total. The molecule has 0 spiro atoms. The molecule has 0 amide bonds. The summed E-state index contributed by atoms with van der Waals surface area (Å²) in [7, 11) is 3.33. The molecule has 0 aliphatic heterocycles. The fourth-order valence-electron chi connectivity index (χ4n) is 0.742. The molecule has 0 aliphatic rings. The van der Waals surface area contributed by atoms with Crippen LogP contribution in [0.2, 0.25) is 0 Å². The summed E-state index contributed by atoms with van der Waals surface area (Å²) in [5.41, 5.74) is 0. The molecule has 0 radical (unpaired) electrons. The van der Waals surface area contributed by atoms with E-state index in [4.69, 9.17) is 9.47 Å². The average Bonchev–Trinajstić information content (AvgIpc) is 1.89. The molecule has 0 aromatic carbocycles. The SMILES string of the molecule is CCCC(C)(OC)OC. The van der Waals surface area contributed by atoms with Crippen molar-refractivity contribution >= 4 is 0 Å². The number of methoxy groups -OCH3 is 2. The standard InChI is InChI=1S/C7H16O2/c1-5-6-7(2,8-3)9-4/h5-6H2,1-4H3. The van der Waals surface area contributed by atoms with E-state index in [1.165, 1.54) is 0 Å². The topological polar surface area (TPSA) is 18.5 Å². The molecule has 0 unspecified atom stereocenters. The van der Waals surface area contributed by atoms with Crippen LogP contribution in [0.15, 0.2) is 0 Å². The molecule has 0 atom stereocenters. The maximum Gasteiger partial charge on any atom is 0.164 e. The van der Waals surface area contributed by atoms with Gasteiger partial charge in [-0.25, -0.2) is 0 Å². The second-order valence-corrected chi connectivity index (χ2v) is 2.29. The summed E-state index contributed by atoms with van der Waals surface area (Å²) < 4.78 is 10.2. The molecular weight excluding hydrogens is 116 g/mol. The van der Waals surface area contributed by atoms with E-state index >= 15 is 0 Å². The zero-order valence-electron chi connectivity index (χ0n) is 6.73. The lowest BCUT2D eigenvalue weighted by molar-refractivity contribution is -0.197. The van der Waals surface area contributed by atoms with Crippen LogP contribution in [0.5, 0.6) is 0 Å². The molecule has 0 fully saturated rings. The van der Waals surface area contributed by atoms with Crippen molar-refractivity contribution in [3.05, 3.63) is 0 Å². The van der Waals surface area contributed by atoms with E-state index in [0.717, 1.165) is 12.8 Å². The summed E-state index contributed by atoms with van der Waals surface area (Å²) in [5, 5.41) is 0. The average molecular weight is 132 g/mol. The largest absolute Gasteiger partial charge is 0.353 e. The van der Waals surface area contributed by atoms with Gasteiger partial charge in [-0.3, -0.25) is 0 Å². The van der Waals surface area contributed by atoms with Gasteiger partial charge in [0.25, 0.3) is 0 Å². The number of hydrogen-bond acceptors (Lipinski definition) is 2. The minimum absolute atomic E-state index is 0.366. The van der Waals surface area contributed by atoms with E-state index in [9.17, 15) is 0 Å². The first-order valence-corrected chi connectivity index (χ1v) is 3.29. The lowest BCUT2D eigenvalue weighted by Crippen LogP contribution is -2.28. The third-order valence-corrected chi connectivity index (χ3v) is 1.57. The van der Waals surface area contributed by atoms with E-state index in [1.54, 1.807) is 14.2 Å². The fraction of sp³-hybridized carbons (Fsp3) is 1.00. The summed E-state index contributed by atoms with van der Waals surface area (Å²) in [6.45, 7) is 4.05. The predicted octanol–water partition coefficient (Wildman–Crippen LogP) is 1.80. The third-order valence-electron chi connectivity index (χ3n) is 1.57. The van der Waals surface area contributed by atoms with Crippen molar-refractivity contribution in [2.75, 3.05) is 14.2 Å². The number of hydrogen-bond donors (Lipinski definition) is 0. The van der Waals surface area contributed by atoms with Crippen LogP contribution in [0.3, 0.4) is 0 Å². The molecule has 0 saturated heterocycles. The molecule has 0 aliphatic carbocycles. The Balaban J connectivity index is 3.62. The van der Waals surface area contributed by atoms with E-state index in [-0.39, 0.29) is 5.79 Å². The molecular formula is C7H16O2. The monoisotopic (exact) mass is 132 g/mol. The van der Waals surface area contributed by atoms with Crippen molar-refractivity contribution in [1.29, 1.82) is 0 Å². The molecule has 0 heterocycles. The molecule has 0 bridgehead atoms. The highest BCUT2D eigenvalue weighted by Crippen LogP contribution is 2.16. The predicted molar refractivity (Wildman–Crippen MR) is 37.3 cm³/mol. The smallest absolute Gasteiger partial charge is 0.164 e. The highest BCUT2D eigenvalue weighted by atomic mass is 16.7. The van der Waals surface area contributed by atoms with E-state index < -0.39 is 0 Å². The van der Waals surface area contributed by atoms with Crippen LogP contribution in [0, 0.1) is 0 Å². The van der Waals surface area contributed by atoms with Crippen molar-refractivity contribution in [3.8, 4) is 0 Å². The summed E-state index contributed by atoms with van der Waals surface area (Å²) in [6.07, 6.45) is 2.03. The third kappa shape index (κ3) is 2.82. The van der Waals surface area contributed by atoms with Gasteiger partial charge in [-0.2, -0.15) is 0 Å². The Morgan fingerprint density at radius 3 is 1.78 bits per heavy atom. The zero-order chi connectivity index (χ0) is 7.33. The minimum Gasteiger partial charge on any atom is -0.353 e. The maximum absolute atomic E-state index is 5.11. The maximum atomic E-state index is 5.11. The highest BCUT2D eigenvalue weighted by molar-refractivity contribution is 4.58. The fourth-order valence-corrected chi connectivity index (χ4v) is 0.742. The Kier molecular flexibility index (Phi) is 3.82. The first kappa shape index (κ1) is 8.92. The molecule has 9 heavy (non-hydrogen) atoms. The second-order valence-electron chi connectivity index (χ2n) is 2.29. The van der Waals surface area contributed by atoms with Crippen LogP contribution in [-0.4, -0.2) is 20.0 Å². The molecule has 0 aromatic rings. The zero-order valence-corrected chi connectivity index (χ0v) is 6.73. The summed E-state index contributed by atoms with van der Waals surface area (Å²) in [4.78, 5) is 0. The van der Waals surface area contributed by atoms with Gasteiger partial charge >= 0.3 is 0 Å². The Labute approximate surface area is 57.2 Å². The molecule has 56 valence electrons. The molecule has 0 N–H and O–H groups in total. The normalized spacial score (nSPS) is 12.0. The van der Waals surface area contributed by atoms with Crippen molar-refractivity contribution in [3.63, 3.8) is 0 Å². The van der Waals surface area contributed by atoms with Crippen LogP contribution >= 0.6 is 0 Å². The highest BCUT2D eigenvalue weighted by Gasteiger charge is 2.20. The van der Waals surface area contributed by atoms with E-state index in [1.807, 2.05) is 6.92 Å². The first-order valence-electron chi connectivity index (χ1n) is 3.29. The van der Waals surface area contributed by atoms with Crippen molar-refractivity contribution in [2.45, 2.75) is 32.5 Å². The van der Waals surface area contributed by atoms with Crippen molar-refractivity contribution in [2.24, 2.45) is 0 Å². The first-order chi connectivity index (χ1) is 4.18. The van der Waals surface area contributed by atoms with Gasteiger partial charge in [-0.15, -0.1) is 0 Å². The van der Waals surface area contributed by atoms with Gasteiger partial charge in [0, 0.05) is 20.6 Å². The molecule has 2 heteroatoms. The van der Waals surface area contributed by atoms with Crippen LogP contribution < -0.4 is 0 Å². The van der Waals surface area contributed by atoms with Gasteiger partial charge < -0.3 is 9.47 Å². The second kappa shape index (κ2) is 3.85. The molecule has 0 rings (SSSR count). The van der Waals surface area contributed by atoms with E-state index in [2.05, 4.69) is 6.92 Å². The quantitative estimate of drug-likeness (QED) is 0.543. The number of rotatable bonds is 4. The number of ether oxygens (including phenoxy) is 2. The van der Waals surface area contributed by atoms with Gasteiger partial charge in [0.05, 0.1) is 0 Å². The molecule has 0 aromatic heterocycles. The van der Waals surface area contributed by atoms with E-state index in [0.29, 0.717) is 0 Å². The Hall–Kier alpha value is -0.0800. The lowest BCUT2D eigenvalue weighted by atomic mass is 10.2. The van der Waals surface area contributed by atoms with Gasteiger partial charge in [0.15, 0.2) is 5.79 Å². The molecule has 0 saturated carbocycles. The summed E-state index contributed by atoms with van der Waals surface area (Å²) >= 11 is 0. The van der Waals surface area contributed by atoms with Crippen LogP contribution in [0.1, 0.15) is 26.7 Å². The minimum atomic E-state index is -0.366.